The van der Waals surface area contributed by atoms with Crippen molar-refractivity contribution in [1.82, 2.24) is 9.78 Å². The summed E-state index contributed by atoms with van der Waals surface area (Å²) in [6, 6.07) is 4.44. The van der Waals surface area contributed by atoms with Crippen molar-refractivity contribution in [3.63, 3.8) is 0 Å². The molecule has 0 saturated carbocycles. The first-order chi connectivity index (χ1) is 9.71. The zero-order valence-electron chi connectivity index (χ0n) is 11.5. The summed E-state index contributed by atoms with van der Waals surface area (Å²) in [5.74, 6) is 0. The molecule has 0 radical (unpaired) electrons. The minimum Gasteiger partial charge on any atom is -0.319 e. The molecular weight excluding hydrogens is 347 g/mol. The molecule has 2 N–H and O–H groups in total. The number of nitrogens with two attached hydrogens (primary N) is 1. The maximum Gasteiger partial charge on any atom is 0.416 e. The van der Waals surface area contributed by atoms with E-state index >= 15 is 0 Å². The summed E-state index contributed by atoms with van der Waals surface area (Å²) < 4.78 is 40.2. The predicted molar refractivity (Wildman–Crippen MR) is 77.8 cm³/mol. The van der Waals surface area contributed by atoms with E-state index in [9.17, 15) is 13.2 Å². The van der Waals surface area contributed by atoms with Gasteiger partial charge in [-0.15, -0.1) is 0 Å². The van der Waals surface area contributed by atoms with E-state index in [1.165, 1.54) is 12.1 Å². The van der Waals surface area contributed by atoms with Crippen molar-refractivity contribution >= 4 is 15.9 Å². The lowest BCUT2D eigenvalue weighted by atomic mass is 10.0. The Balaban J connectivity index is 2.37. The summed E-state index contributed by atoms with van der Waals surface area (Å²) >= 11 is 3.39. The fourth-order valence-electron chi connectivity index (χ4n) is 2.09. The number of rotatable bonds is 3. The SMILES string of the molecule is CC(C)n1ncc(Br)c1C(N)c1ccc(C(F)(F)F)cc1. The topological polar surface area (TPSA) is 43.8 Å². The van der Waals surface area contributed by atoms with Crippen molar-refractivity contribution in [2.45, 2.75) is 32.1 Å². The van der Waals surface area contributed by atoms with E-state index in [0.717, 1.165) is 22.3 Å². The van der Waals surface area contributed by atoms with Gasteiger partial charge in [-0.2, -0.15) is 18.3 Å². The molecule has 1 atom stereocenters. The van der Waals surface area contributed by atoms with Crippen LogP contribution >= 0.6 is 15.9 Å². The lowest BCUT2D eigenvalue weighted by molar-refractivity contribution is -0.137. The molecular formula is C14H15BrF3N3. The molecule has 0 amide bonds. The lowest BCUT2D eigenvalue weighted by Gasteiger charge is -2.18. The summed E-state index contributed by atoms with van der Waals surface area (Å²) in [6.07, 6.45) is -2.71. The Hall–Kier alpha value is -1.34. The van der Waals surface area contributed by atoms with Gasteiger partial charge in [0, 0.05) is 6.04 Å². The van der Waals surface area contributed by atoms with Gasteiger partial charge in [-0.25, -0.2) is 0 Å². The monoisotopic (exact) mass is 361 g/mol. The minimum absolute atomic E-state index is 0.104. The highest BCUT2D eigenvalue weighted by molar-refractivity contribution is 9.10. The molecule has 0 bridgehead atoms. The number of hydrogen-bond donors (Lipinski definition) is 1. The second-order valence-electron chi connectivity index (χ2n) is 5.01. The molecule has 1 unspecified atom stereocenters. The van der Waals surface area contributed by atoms with Crippen LogP contribution < -0.4 is 5.73 Å². The number of hydrogen-bond acceptors (Lipinski definition) is 2. The minimum atomic E-state index is -4.34. The smallest absolute Gasteiger partial charge is 0.319 e. The van der Waals surface area contributed by atoms with Crippen LogP contribution in [-0.2, 0) is 6.18 Å². The molecule has 1 heterocycles. The molecule has 7 heteroatoms. The first-order valence-electron chi connectivity index (χ1n) is 6.37. The molecule has 2 rings (SSSR count). The van der Waals surface area contributed by atoms with Gasteiger partial charge in [0.2, 0.25) is 0 Å². The van der Waals surface area contributed by atoms with Gasteiger partial charge in [0.25, 0.3) is 0 Å². The lowest BCUT2D eigenvalue weighted by Crippen LogP contribution is -2.19. The molecule has 0 aliphatic carbocycles. The van der Waals surface area contributed by atoms with E-state index in [2.05, 4.69) is 21.0 Å². The van der Waals surface area contributed by atoms with Gasteiger partial charge in [-0.05, 0) is 47.5 Å². The highest BCUT2D eigenvalue weighted by Gasteiger charge is 2.30. The van der Waals surface area contributed by atoms with Crippen LogP contribution in [0.5, 0.6) is 0 Å². The van der Waals surface area contributed by atoms with Crippen molar-refractivity contribution < 1.29 is 13.2 Å². The van der Waals surface area contributed by atoms with Crippen molar-refractivity contribution in [1.29, 1.82) is 0 Å². The first-order valence-corrected chi connectivity index (χ1v) is 7.16. The Morgan fingerprint density at radius 3 is 2.24 bits per heavy atom. The molecule has 0 aliphatic heterocycles. The molecule has 3 nitrogen and oxygen atoms in total. The normalized spacial score (nSPS) is 13.7. The van der Waals surface area contributed by atoms with Crippen LogP contribution in [0, 0.1) is 0 Å². The summed E-state index contributed by atoms with van der Waals surface area (Å²) in [6.45, 7) is 3.92. The molecule has 21 heavy (non-hydrogen) atoms. The van der Waals surface area contributed by atoms with E-state index in [-0.39, 0.29) is 6.04 Å². The summed E-state index contributed by atoms with van der Waals surface area (Å²) in [5, 5.41) is 4.23. The number of aromatic nitrogens is 2. The van der Waals surface area contributed by atoms with E-state index in [1.807, 2.05) is 13.8 Å². The Kier molecular flexibility index (Phi) is 4.43. The molecule has 1 aromatic heterocycles. The molecule has 0 fully saturated rings. The Morgan fingerprint density at radius 2 is 1.76 bits per heavy atom. The van der Waals surface area contributed by atoms with Gasteiger partial charge in [-0.1, -0.05) is 12.1 Å². The third kappa shape index (κ3) is 3.29. The summed E-state index contributed by atoms with van der Waals surface area (Å²) in [5.41, 5.74) is 6.85. The van der Waals surface area contributed by atoms with Crippen LogP contribution in [0.25, 0.3) is 0 Å². The van der Waals surface area contributed by atoms with Crippen LogP contribution in [0.3, 0.4) is 0 Å². The van der Waals surface area contributed by atoms with Gasteiger partial charge in [0.1, 0.15) is 0 Å². The molecule has 0 aliphatic rings. The Labute approximate surface area is 129 Å². The third-order valence-electron chi connectivity index (χ3n) is 3.17. The quantitative estimate of drug-likeness (QED) is 0.885. The highest BCUT2D eigenvalue weighted by Crippen LogP contribution is 2.32. The molecule has 0 saturated heterocycles. The largest absolute Gasteiger partial charge is 0.416 e. The molecule has 0 spiro atoms. The van der Waals surface area contributed by atoms with Crippen molar-refractivity contribution in [3.05, 3.63) is 51.8 Å². The summed E-state index contributed by atoms with van der Waals surface area (Å²) in [4.78, 5) is 0. The van der Waals surface area contributed by atoms with Crippen LogP contribution in [0.15, 0.2) is 34.9 Å². The second kappa shape index (κ2) is 5.81. The average Bonchev–Trinajstić information content (AvgIpc) is 2.79. The van der Waals surface area contributed by atoms with Gasteiger partial charge >= 0.3 is 6.18 Å². The zero-order chi connectivity index (χ0) is 15.8. The van der Waals surface area contributed by atoms with E-state index in [0.29, 0.717) is 5.56 Å². The Bertz CT molecular complexity index is 617. The maximum atomic E-state index is 12.6. The maximum absolute atomic E-state index is 12.6. The number of alkyl halides is 3. The van der Waals surface area contributed by atoms with Gasteiger partial charge in [-0.3, -0.25) is 4.68 Å². The predicted octanol–water partition coefficient (Wildman–Crippen LogP) is 4.29. The van der Waals surface area contributed by atoms with Gasteiger partial charge < -0.3 is 5.73 Å². The van der Waals surface area contributed by atoms with Gasteiger partial charge in [0.15, 0.2) is 0 Å². The molecule has 2 aromatic rings. The second-order valence-corrected chi connectivity index (χ2v) is 5.87. The fraction of sp³-hybridized carbons (Fsp3) is 0.357. The highest BCUT2D eigenvalue weighted by atomic mass is 79.9. The van der Waals surface area contributed by atoms with Crippen LogP contribution in [0.4, 0.5) is 13.2 Å². The Morgan fingerprint density at radius 1 is 1.19 bits per heavy atom. The van der Waals surface area contributed by atoms with Crippen LogP contribution in [0.2, 0.25) is 0 Å². The van der Waals surface area contributed by atoms with E-state index in [4.69, 9.17) is 5.73 Å². The first kappa shape index (κ1) is 16.0. The zero-order valence-corrected chi connectivity index (χ0v) is 13.1. The number of halogens is 4. The van der Waals surface area contributed by atoms with Crippen molar-refractivity contribution in [2.75, 3.05) is 0 Å². The van der Waals surface area contributed by atoms with E-state index < -0.39 is 17.8 Å². The van der Waals surface area contributed by atoms with Crippen LogP contribution in [0.1, 0.15) is 42.8 Å². The molecule has 114 valence electrons. The third-order valence-corrected chi connectivity index (χ3v) is 3.78. The van der Waals surface area contributed by atoms with Crippen molar-refractivity contribution in [2.24, 2.45) is 5.73 Å². The average molecular weight is 362 g/mol. The number of benzene rings is 1. The van der Waals surface area contributed by atoms with Crippen molar-refractivity contribution in [3.8, 4) is 0 Å². The standard InChI is InChI=1S/C14H15BrF3N3/c1-8(2)21-13(11(15)7-20-21)12(19)9-3-5-10(6-4-9)14(16,17)18/h3-8,12H,19H2,1-2H3. The summed E-state index contributed by atoms with van der Waals surface area (Å²) in [7, 11) is 0. The molecule has 1 aromatic carbocycles. The van der Waals surface area contributed by atoms with Crippen LogP contribution in [-0.4, -0.2) is 9.78 Å². The fourth-order valence-corrected chi connectivity index (χ4v) is 2.61. The van der Waals surface area contributed by atoms with E-state index in [1.54, 1.807) is 10.9 Å². The van der Waals surface area contributed by atoms with Gasteiger partial charge in [0.05, 0.1) is 28.0 Å². The number of nitrogens with zero attached hydrogens (tertiary/aromatic N) is 2.